The van der Waals surface area contributed by atoms with Crippen LogP contribution in [0.2, 0.25) is 0 Å². The van der Waals surface area contributed by atoms with E-state index in [0.717, 1.165) is 12.8 Å². The predicted molar refractivity (Wildman–Crippen MR) is 64.8 cm³/mol. The lowest BCUT2D eigenvalue weighted by molar-refractivity contribution is -0.176. The van der Waals surface area contributed by atoms with Crippen molar-refractivity contribution in [2.24, 2.45) is 5.92 Å². The Morgan fingerprint density at radius 1 is 1.25 bits per heavy atom. The minimum atomic E-state index is -0.612. The minimum Gasteiger partial charge on any atom is -0.368 e. The number of hydrogen-bond acceptors (Lipinski definition) is 2. The molecular weight excluding hydrogens is 200 g/mol. The quantitative estimate of drug-likeness (QED) is 0.827. The normalized spacial score (nSPS) is 30.8. The molecule has 16 heavy (non-hydrogen) atoms. The molecule has 1 fully saturated rings. The van der Waals surface area contributed by atoms with Gasteiger partial charge in [0.25, 0.3) is 0 Å². The highest BCUT2D eigenvalue weighted by molar-refractivity contribution is 5.49. The van der Waals surface area contributed by atoms with Crippen molar-refractivity contribution < 1.29 is 9.84 Å². The van der Waals surface area contributed by atoms with Crippen LogP contribution in [0.4, 0.5) is 0 Å². The number of benzene rings is 1. The number of rotatable bonds is 2. The van der Waals surface area contributed by atoms with Gasteiger partial charge in [0.05, 0.1) is 6.10 Å². The van der Waals surface area contributed by atoms with E-state index < -0.39 is 6.29 Å². The first-order valence-corrected chi connectivity index (χ1v) is 5.82. The van der Waals surface area contributed by atoms with Crippen molar-refractivity contribution in [3.05, 3.63) is 42.0 Å². The molecule has 1 unspecified atom stereocenters. The van der Waals surface area contributed by atoms with Crippen LogP contribution in [0.5, 0.6) is 0 Å². The summed E-state index contributed by atoms with van der Waals surface area (Å²) in [5, 5.41) is 9.59. The monoisotopic (exact) mass is 218 g/mol. The Morgan fingerprint density at radius 3 is 2.69 bits per heavy atom. The molecule has 2 nitrogen and oxygen atoms in total. The minimum absolute atomic E-state index is 0.0476. The van der Waals surface area contributed by atoms with E-state index in [9.17, 15) is 5.11 Å². The number of aliphatic hydroxyl groups excluding tert-OH is 1. The second-order valence-electron chi connectivity index (χ2n) is 4.39. The van der Waals surface area contributed by atoms with Crippen molar-refractivity contribution in [3.63, 3.8) is 0 Å². The summed E-state index contributed by atoms with van der Waals surface area (Å²) in [6.07, 6.45) is 5.52. The third-order valence-electron chi connectivity index (χ3n) is 3.01. The van der Waals surface area contributed by atoms with Crippen molar-refractivity contribution in [2.45, 2.75) is 32.2 Å². The van der Waals surface area contributed by atoms with Gasteiger partial charge in [-0.15, -0.1) is 0 Å². The van der Waals surface area contributed by atoms with Crippen LogP contribution in [0.3, 0.4) is 0 Å². The average molecular weight is 218 g/mol. The second kappa shape index (κ2) is 5.28. The lowest BCUT2D eigenvalue weighted by Gasteiger charge is -2.29. The van der Waals surface area contributed by atoms with Gasteiger partial charge in [-0.2, -0.15) is 0 Å². The number of hydrogen-bond donors (Lipinski definition) is 1. The molecule has 0 bridgehead atoms. The zero-order valence-corrected chi connectivity index (χ0v) is 9.54. The van der Waals surface area contributed by atoms with Gasteiger partial charge in [-0.3, -0.25) is 0 Å². The molecule has 0 saturated carbocycles. The third-order valence-corrected chi connectivity index (χ3v) is 3.01. The van der Waals surface area contributed by atoms with E-state index in [-0.39, 0.29) is 12.0 Å². The van der Waals surface area contributed by atoms with E-state index in [4.69, 9.17) is 4.74 Å². The van der Waals surface area contributed by atoms with E-state index in [0.29, 0.717) is 0 Å². The van der Waals surface area contributed by atoms with Crippen LogP contribution >= 0.6 is 0 Å². The van der Waals surface area contributed by atoms with E-state index in [1.165, 1.54) is 5.56 Å². The Labute approximate surface area is 96.6 Å². The van der Waals surface area contributed by atoms with Crippen molar-refractivity contribution in [3.8, 4) is 0 Å². The smallest absolute Gasteiger partial charge is 0.157 e. The Hall–Kier alpha value is -1.12. The van der Waals surface area contributed by atoms with Crippen molar-refractivity contribution in [1.29, 1.82) is 0 Å². The molecular formula is C14H18O2. The fourth-order valence-electron chi connectivity index (χ4n) is 1.88. The Balaban J connectivity index is 1.93. The van der Waals surface area contributed by atoms with Crippen LogP contribution in [0.25, 0.3) is 6.08 Å². The summed E-state index contributed by atoms with van der Waals surface area (Å²) in [6.45, 7) is 2.02. The first-order chi connectivity index (χ1) is 7.75. The summed E-state index contributed by atoms with van der Waals surface area (Å²) in [6, 6.07) is 10.1. The van der Waals surface area contributed by atoms with Crippen molar-refractivity contribution in [2.75, 3.05) is 0 Å². The van der Waals surface area contributed by atoms with Crippen LogP contribution < -0.4 is 0 Å². The molecule has 3 atom stereocenters. The molecule has 2 rings (SSSR count). The Morgan fingerprint density at radius 2 is 2.00 bits per heavy atom. The maximum atomic E-state index is 9.59. The molecule has 86 valence electrons. The molecule has 1 heterocycles. The first kappa shape index (κ1) is 11.4. The molecule has 1 aliphatic rings. The molecule has 1 N–H and O–H groups in total. The van der Waals surface area contributed by atoms with Gasteiger partial charge in [0.2, 0.25) is 0 Å². The molecule has 2 heteroatoms. The summed E-state index contributed by atoms with van der Waals surface area (Å²) >= 11 is 0. The SMILES string of the molecule is C[C@@H]1CC[C@@H](/C=C/c2ccccc2)OC1O. The molecule has 1 aromatic carbocycles. The lowest BCUT2D eigenvalue weighted by Crippen LogP contribution is -2.32. The highest BCUT2D eigenvalue weighted by Gasteiger charge is 2.24. The van der Waals surface area contributed by atoms with Gasteiger partial charge >= 0.3 is 0 Å². The molecule has 0 aliphatic carbocycles. The van der Waals surface area contributed by atoms with Crippen LogP contribution in [0.1, 0.15) is 25.3 Å². The van der Waals surface area contributed by atoms with Crippen LogP contribution in [0.15, 0.2) is 36.4 Å². The summed E-state index contributed by atoms with van der Waals surface area (Å²) < 4.78 is 5.49. The maximum absolute atomic E-state index is 9.59. The summed E-state index contributed by atoms with van der Waals surface area (Å²) in [7, 11) is 0. The van der Waals surface area contributed by atoms with Crippen LogP contribution in [-0.4, -0.2) is 17.5 Å². The van der Waals surface area contributed by atoms with Gasteiger partial charge in [0.15, 0.2) is 6.29 Å². The lowest BCUT2D eigenvalue weighted by atomic mass is 9.98. The van der Waals surface area contributed by atoms with Gasteiger partial charge < -0.3 is 9.84 Å². The van der Waals surface area contributed by atoms with Gasteiger partial charge in [0, 0.05) is 5.92 Å². The highest BCUT2D eigenvalue weighted by Crippen LogP contribution is 2.24. The fraction of sp³-hybridized carbons (Fsp3) is 0.429. The summed E-state index contributed by atoms with van der Waals surface area (Å²) in [5.41, 5.74) is 1.17. The topological polar surface area (TPSA) is 29.5 Å². The van der Waals surface area contributed by atoms with Gasteiger partial charge in [-0.25, -0.2) is 0 Å². The zero-order chi connectivity index (χ0) is 11.4. The largest absolute Gasteiger partial charge is 0.368 e. The molecule has 1 aliphatic heterocycles. The summed E-state index contributed by atoms with van der Waals surface area (Å²) in [4.78, 5) is 0. The van der Waals surface area contributed by atoms with E-state index in [1.807, 2.05) is 37.3 Å². The number of aliphatic hydroxyl groups is 1. The fourth-order valence-corrected chi connectivity index (χ4v) is 1.88. The highest BCUT2D eigenvalue weighted by atomic mass is 16.6. The van der Waals surface area contributed by atoms with Crippen molar-refractivity contribution >= 4 is 6.08 Å². The predicted octanol–water partition coefficient (Wildman–Crippen LogP) is 2.83. The Bertz CT molecular complexity index is 345. The zero-order valence-electron chi connectivity index (χ0n) is 9.54. The standard InChI is InChI=1S/C14H18O2/c1-11-7-9-13(16-14(11)15)10-8-12-5-3-2-4-6-12/h2-6,8,10-11,13-15H,7,9H2,1H3/b10-8+/t11-,13+,14?/m1/s1. The van der Waals surface area contributed by atoms with E-state index in [2.05, 4.69) is 12.1 Å². The molecule has 0 spiro atoms. The first-order valence-electron chi connectivity index (χ1n) is 5.82. The molecule has 0 aromatic heterocycles. The van der Waals surface area contributed by atoms with Gasteiger partial charge in [0.1, 0.15) is 0 Å². The van der Waals surface area contributed by atoms with Crippen LogP contribution in [-0.2, 0) is 4.74 Å². The molecule has 0 amide bonds. The summed E-state index contributed by atoms with van der Waals surface area (Å²) in [5.74, 6) is 0.251. The molecule has 0 radical (unpaired) electrons. The van der Waals surface area contributed by atoms with Gasteiger partial charge in [-0.1, -0.05) is 49.4 Å². The molecule has 1 aromatic rings. The van der Waals surface area contributed by atoms with Crippen molar-refractivity contribution in [1.82, 2.24) is 0 Å². The third kappa shape index (κ3) is 2.94. The maximum Gasteiger partial charge on any atom is 0.157 e. The van der Waals surface area contributed by atoms with Gasteiger partial charge in [-0.05, 0) is 18.4 Å². The number of ether oxygens (including phenoxy) is 1. The average Bonchev–Trinajstić information content (AvgIpc) is 2.32. The van der Waals surface area contributed by atoms with E-state index >= 15 is 0 Å². The van der Waals surface area contributed by atoms with E-state index in [1.54, 1.807) is 0 Å². The van der Waals surface area contributed by atoms with Crippen LogP contribution in [0, 0.1) is 5.92 Å². The second-order valence-corrected chi connectivity index (χ2v) is 4.39. The molecule has 1 saturated heterocycles. The Kier molecular flexibility index (Phi) is 3.75.